The molecule has 2 rings (SSSR count). The molecule has 0 aromatic carbocycles. The number of aromatic nitrogens is 4. The lowest BCUT2D eigenvalue weighted by molar-refractivity contribution is 0.588. The van der Waals surface area contributed by atoms with Crippen molar-refractivity contribution in [3.8, 4) is 0 Å². The number of rotatable bonds is 3. The van der Waals surface area contributed by atoms with Crippen molar-refractivity contribution >= 4 is 15.9 Å². The fourth-order valence-corrected chi connectivity index (χ4v) is 2.38. The molecule has 0 N–H and O–H groups in total. The van der Waals surface area contributed by atoms with Crippen LogP contribution in [0, 0.1) is 0 Å². The first-order chi connectivity index (χ1) is 8.13. The molecule has 2 aromatic rings. The lowest BCUT2D eigenvalue weighted by Gasteiger charge is -2.04. The molecule has 0 saturated heterocycles. The maximum absolute atomic E-state index is 11.6. The third-order valence-electron chi connectivity index (χ3n) is 2.59. The van der Waals surface area contributed by atoms with Crippen LogP contribution in [0.2, 0.25) is 0 Å². The SMILES string of the molecule is CCc1nn(C)c(Cn2ncccc2=O)c1Br. The summed E-state index contributed by atoms with van der Waals surface area (Å²) in [7, 11) is 1.87. The molecule has 6 heteroatoms. The molecule has 0 radical (unpaired) electrons. The fourth-order valence-electron chi connectivity index (χ4n) is 1.64. The van der Waals surface area contributed by atoms with Gasteiger partial charge in [0.15, 0.2) is 0 Å². The second-order valence-electron chi connectivity index (χ2n) is 3.70. The minimum Gasteiger partial charge on any atom is -0.269 e. The molecule has 90 valence electrons. The van der Waals surface area contributed by atoms with E-state index >= 15 is 0 Å². The Hall–Kier alpha value is -1.43. The summed E-state index contributed by atoms with van der Waals surface area (Å²) < 4.78 is 4.16. The van der Waals surface area contributed by atoms with Gasteiger partial charge < -0.3 is 0 Å². The highest BCUT2D eigenvalue weighted by molar-refractivity contribution is 9.10. The van der Waals surface area contributed by atoms with Crippen LogP contribution in [0.5, 0.6) is 0 Å². The summed E-state index contributed by atoms with van der Waals surface area (Å²) in [5.74, 6) is 0. The maximum atomic E-state index is 11.6. The topological polar surface area (TPSA) is 52.7 Å². The Kier molecular flexibility index (Phi) is 3.42. The quantitative estimate of drug-likeness (QED) is 0.859. The van der Waals surface area contributed by atoms with Crippen molar-refractivity contribution in [3.63, 3.8) is 0 Å². The predicted octanol–water partition coefficient (Wildman–Crippen LogP) is 1.35. The highest BCUT2D eigenvalue weighted by atomic mass is 79.9. The molecule has 17 heavy (non-hydrogen) atoms. The second-order valence-corrected chi connectivity index (χ2v) is 4.50. The highest BCUT2D eigenvalue weighted by Crippen LogP contribution is 2.21. The lowest BCUT2D eigenvalue weighted by Crippen LogP contribution is -2.23. The zero-order chi connectivity index (χ0) is 12.4. The lowest BCUT2D eigenvalue weighted by atomic mass is 10.3. The van der Waals surface area contributed by atoms with E-state index < -0.39 is 0 Å². The number of aryl methyl sites for hydroxylation is 2. The van der Waals surface area contributed by atoms with Gasteiger partial charge in [-0.15, -0.1) is 0 Å². The Balaban J connectivity index is 2.40. The first-order valence-corrected chi connectivity index (χ1v) is 6.15. The van der Waals surface area contributed by atoms with Crippen molar-refractivity contribution in [1.82, 2.24) is 19.6 Å². The molecule has 0 bridgehead atoms. The second kappa shape index (κ2) is 4.83. The Morgan fingerprint density at radius 1 is 1.47 bits per heavy atom. The number of halogens is 1. The summed E-state index contributed by atoms with van der Waals surface area (Å²) in [6.07, 6.45) is 2.46. The first kappa shape index (κ1) is 12.0. The zero-order valence-corrected chi connectivity index (χ0v) is 11.3. The van der Waals surface area contributed by atoms with Gasteiger partial charge in [0.2, 0.25) is 0 Å². The van der Waals surface area contributed by atoms with E-state index in [0.29, 0.717) is 6.54 Å². The molecule has 5 nitrogen and oxygen atoms in total. The van der Waals surface area contributed by atoms with Crippen LogP contribution in [-0.4, -0.2) is 19.6 Å². The summed E-state index contributed by atoms with van der Waals surface area (Å²) in [5.41, 5.74) is 1.83. The Bertz CT molecular complexity index is 587. The predicted molar refractivity (Wildman–Crippen MR) is 67.9 cm³/mol. The maximum Gasteiger partial charge on any atom is 0.267 e. The molecule has 2 heterocycles. The third-order valence-corrected chi connectivity index (χ3v) is 3.50. The average molecular weight is 297 g/mol. The van der Waals surface area contributed by atoms with Crippen molar-refractivity contribution < 1.29 is 0 Å². The van der Waals surface area contributed by atoms with Crippen LogP contribution in [0.15, 0.2) is 27.6 Å². The van der Waals surface area contributed by atoms with Crippen LogP contribution in [0.3, 0.4) is 0 Å². The van der Waals surface area contributed by atoms with Crippen LogP contribution in [0.4, 0.5) is 0 Å². The van der Waals surface area contributed by atoms with E-state index in [4.69, 9.17) is 0 Å². The third kappa shape index (κ3) is 2.31. The van der Waals surface area contributed by atoms with Gasteiger partial charge in [0.05, 0.1) is 22.4 Å². The van der Waals surface area contributed by atoms with Gasteiger partial charge in [-0.2, -0.15) is 10.2 Å². The zero-order valence-electron chi connectivity index (χ0n) is 9.72. The van der Waals surface area contributed by atoms with Crippen LogP contribution in [-0.2, 0) is 20.0 Å². The minimum atomic E-state index is -0.112. The van der Waals surface area contributed by atoms with E-state index in [9.17, 15) is 4.79 Å². The number of nitrogens with zero attached hydrogens (tertiary/aromatic N) is 4. The molecule has 0 unspecified atom stereocenters. The molecule has 2 aromatic heterocycles. The molecule has 0 saturated carbocycles. The smallest absolute Gasteiger partial charge is 0.267 e. The van der Waals surface area contributed by atoms with Crippen molar-refractivity contribution in [2.75, 3.05) is 0 Å². The van der Waals surface area contributed by atoms with Crippen LogP contribution < -0.4 is 5.56 Å². The highest BCUT2D eigenvalue weighted by Gasteiger charge is 2.13. The molecule has 0 atom stereocenters. The van der Waals surface area contributed by atoms with Gasteiger partial charge in [-0.3, -0.25) is 9.48 Å². The van der Waals surface area contributed by atoms with E-state index in [2.05, 4.69) is 26.1 Å². The van der Waals surface area contributed by atoms with Crippen molar-refractivity contribution in [3.05, 3.63) is 44.5 Å². The largest absolute Gasteiger partial charge is 0.269 e. The Morgan fingerprint density at radius 3 is 2.82 bits per heavy atom. The molecule has 0 fully saturated rings. The summed E-state index contributed by atoms with van der Waals surface area (Å²) in [6, 6.07) is 3.13. The van der Waals surface area contributed by atoms with Gasteiger partial charge >= 0.3 is 0 Å². The van der Waals surface area contributed by atoms with Gasteiger partial charge in [0, 0.05) is 19.3 Å². The Morgan fingerprint density at radius 2 is 2.24 bits per heavy atom. The monoisotopic (exact) mass is 296 g/mol. The van der Waals surface area contributed by atoms with Gasteiger partial charge in [-0.1, -0.05) is 6.92 Å². The van der Waals surface area contributed by atoms with Crippen molar-refractivity contribution in [2.45, 2.75) is 19.9 Å². The van der Waals surface area contributed by atoms with Crippen LogP contribution in [0.1, 0.15) is 18.3 Å². The molecular weight excluding hydrogens is 284 g/mol. The number of hydrogen-bond acceptors (Lipinski definition) is 3. The molecule has 0 amide bonds. The summed E-state index contributed by atoms with van der Waals surface area (Å²) in [5, 5.41) is 8.41. The molecule has 0 aliphatic rings. The standard InChI is InChI=1S/C11H13BrN4O/c1-3-8-11(12)9(15(2)14-8)7-16-10(17)5-4-6-13-16/h4-6H,3,7H2,1-2H3. The molecular formula is C11H13BrN4O. The van der Waals surface area contributed by atoms with Gasteiger partial charge in [0.1, 0.15) is 0 Å². The van der Waals surface area contributed by atoms with E-state index in [1.807, 2.05) is 14.0 Å². The first-order valence-electron chi connectivity index (χ1n) is 5.36. The van der Waals surface area contributed by atoms with Gasteiger partial charge in [-0.05, 0) is 28.4 Å². The molecule has 0 aliphatic carbocycles. The van der Waals surface area contributed by atoms with Gasteiger partial charge in [-0.25, -0.2) is 4.68 Å². The molecule has 0 aliphatic heterocycles. The van der Waals surface area contributed by atoms with E-state index in [0.717, 1.165) is 22.3 Å². The number of hydrogen-bond donors (Lipinski definition) is 0. The normalized spacial score (nSPS) is 10.8. The fraction of sp³-hybridized carbons (Fsp3) is 0.364. The van der Waals surface area contributed by atoms with Crippen molar-refractivity contribution in [2.24, 2.45) is 7.05 Å². The molecule has 0 spiro atoms. The van der Waals surface area contributed by atoms with Crippen LogP contribution in [0.25, 0.3) is 0 Å². The summed E-state index contributed by atoms with van der Waals surface area (Å²) in [4.78, 5) is 11.6. The van der Waals surface area contributed by atoms with E-state index in [1.165, 1.54) is 10.7 Å². The minimum absolute atomic E-state index is 0.112. The summed E-state index contributed by atoms with van der Waals surface area (Å²) in [6.45, 7) is 2.47. The van der Waals surface area contributed by atoms with E-state index in [1.54, 1.807) is 16.9 Å². The summed E-state index contributed by atoms with van der Waals surface area (Å²) >= 11 is 3.52. The van der Waals surface area contributed by atoms with Gasteiger partial charge in [0.25, 0.3) is 5.56 Å². The average Bonchev–Trinajstić information content (AvgIpc) is 2.59. The van der Waals surface area contributed by atoms with Crippen LogP contribution >= 0.6 is 15.9 Å². The van der Waals surface area contributed by atoms with E-state index in [-0.39, 0.29) is 5.56 Å². The van der Waals surface area contributed by atoms with Crippen molar-refractivity contribution in [1.29, 1.82) is 0 Å². The Labute approximate surface area is 107 Å².